The second-order valence-corrected chi connectivity index (χ2v) is 11.8. The van der Waals surface area contributed by atoms with Crippen LogP contribution in [0.3, 0.4) is 0 Å². The van der Waals surface area contributed by atoms with Crippen molar-refractivity contribution in [3.8, 4) is 0 Å². The van der Waals surface area contributed by atoms with Gasteiger partial charge in [0.1, 0.15) is 0 Å². The Balaban J connectivity index is 6.10. The number of carboxylic acids is 1. The molecule has 0 radical (unpaired) electrons. The number of carboxylic acid groups (broad SMARTS) is 1. The van der Waals surface area contributed by atoms with Crippen LogP contribution >= 0.6 is 0 Å². The van der Waals surface area contributed by atoms with Crippen molar-refractivity contribution in [3.05, 3.63) is 11.6 Å². The number of hydrogen-bond acceptors (Lipinski definition) is 9. The van der Waals surface area contributed by atoms with Gasteiger partial charge >= 0.3 is 29.5 Å². The smallest absolute Gasteiger partial charge is 0.478 e. The molecule has 2 unspecified atom stereocenters. The fourth-order valence-electron chi connectivity index (χ4n) is 3.02. The van der Waals surface area contributed by atoms with E-state index in [0.717, 1.165) is 6.08 Å². The Hall–Kier alpha value is -1.13. The zero-order valence-electron chi connectivity index (χ0n) is 17.8. The molecule has 164 valence electrons. The predicted octanol–water partition coefficient (Wildman–Crippen LogP) is 1.39. The van der Waals surface area contributed by atoms with E-state index in [1.54, 1.807) is 13.8 Å². The van der Waals surface area contributed by atoms with E-state index in [1.807, 2.05) is 0 Å². The summed E-state index contributed by atoms with van der Waals surface area (Å²) < 4.78 is 38.1. The maximum atomic E-state index is 13.0. The summed E-state index contributed by atoms with van der Waals surface area (Å²) in [6, 6.07) is 0. The molecular weight excluding hydrogens is 408 g/mol. The molecule has 0 spiro atoms. The number of ether oxygens (including phenoxy) is 1. The number of esters is 1. The van der Waals surface area contributed by atoms with Crippen molar-refractivity contribution in [2.75, 3.05) is 42.7 Å². The average Bonchev–Trinajstić information content (AvgIpc) is 2.71. The van der Waals surface area contributed by atoms with E-state index in [2.05, 4.69) is 0 Å². The van der Waals surface area contributed by atoms with Gasteiger partial charge in [-0.25, -0.2) is 9.59 Å². The van der Waals surface area contributed by atoms with Crippen LogP contribution in [0.25, 0.3) is 0 Å². The lowest BCUT2D eigenvalue weighted by molar-refractivity contribution is -0.145. The van der Waals surface area contributed by atoms with E-state index in [4.69, 9.17) is 31.3 Å². The molecule has 0 aromatic carbocycles. The molecule has 28 heavy (non-hydrogen) atoms. The van der Waals surface area contributed by atoms with E-state index in [9.17, 15) is 14.7 Å². The number of aliphatic carboxylic acids is 1. The van der Waals surface area contributed by atoms with E-state index in [-0.39, 0.29) is 5.57 Å². The maximum absolute atomic E-state index is 13.0. The first-order valence-electron chi connectivity index (χ1n) is 8.67. The van der Waals surface area contributed by atoms with E-state index in [1.165, 1.54) is 42.7 Å². The monoisotopic (exact) mass is 440 g/mol. The molecule has 2 atom stereocenters. The Morgan fingerprint density at radius 1 is 0.821 bits per heavy atom. The molecule has 0 aromatic rings. The van der Waals surface area contributed by atoms with Gasteiger partial charge in [-0.3, -0.25) is 0 Å². The molecular formula is C16H32O10Si2. The van der Waals surface area contributed by atoms with Crippen LogP contribution in [0.5, 0.6) is 0 Å². The van der Waals surface area contributed by atoms with Crippen molar-refractivity contribution in [2.45, 2.75) is 38.0 Å². The van der Waals surface area contributed by atoms with Crippen LogP contribution in [0.15, 0.2) is 11.6 Å². The van der Waals surface area contributed by atoms with Crippen LogP contribution in [-0.4, -0.2) is 83.0 Å². The first-order valence-corrected chi connectivity index (χ1v) is 12.3. The Bertz CT molecular complexity index is 515. The quantitative estimate of drug-likeness (QED) is 0.241. The summed E-state index contributed by atoms with van der Waals surface area (Å²) in [5.74, 6) is -2.16. The molecule has 0 heterocycles. The van der Waals surface area contributed by atoms with Gasteiger partial charge in [-0.2, -0.15) is 0 Å². The highest BCUT2D eigenvalue weighted by Crippen LogP contribution is 2.36. The molecule has 0 aliphatic heterocycles. The minimum atomic E-state index is -3.39. The molecule has 0 amide bonds. The average molecular weight is 441 g/mol. The van der Waals surface area contributed by atoms with Gasteiger partial charge in [0.15, 0.2) is 5.73 Å². The fourth-order valence-corrected chi connectivity index (χ4v) is 7.49. The topological polar surface area (TPSA) is 119 Å². The third-order valence-electron chi connectivity index (χ3n) is 4.45. The Morgan fingerprint density at radius 2 is 1.25 bits per heavy atom. The molecule has 0 fully saturated rings. The lowest BCUT2D eigenvalue weighted by Gasteiger charge is -2.34. The first-order chi connectivity index (χ1) is 13.2. The number of rotatable bonds is 14. The Kier molecular flexibility index (Phi) is 11.9. The largest absolute Gasteiger partial charge is 0.543 e. The highest BCUT2D eigenvalue weighted by molar-refractivity contribution is 6.64. The van der Waals surface area contributed by atoms with Crippen molar-refractivity contribution in [2.24, 2.45) is 0 Å². The van der Waals surface area contributed by atoms with Crippen molar-refractivity contribution < 1.29 is 46.0 Å². The van der Waals surface area contributed by atoms with E-state index >= 15 is 0 Å². The van der Waals surface area contributed by atoms with Gasteiger partial charge in [-0.1, -0.05) is 13.8 Å². The lowest BCUT2D eigenvalue weighted by Crippen LogP contribution is -2.56. The number of hydrogen-bond donors (Lipinski definition) is 1. The van der Waals surface area contributed by atoms with Crippen LogP contribution in [0.4, 0.5) is 0 Å². The summed E-state index contributed by atoms with van der Waals surface area (Å²) in [6.07, 6.45) is 1.46. The van der Waals surface area contributed by atoms with E-state index in [0.29, 0.717) is 12.8 Å². The van der Waals surface area contributed by atoms with Crippen LogP contribution in [-0.2, 0) is 40.9 Å². The van der Waals surface area contributed by atoms with Crippen molar-refractivity contribution >= 4 is 29.5 Å². The summed E-state index contributed by atoms with van der Waals surface area (Å²) in [6.45, 7) is 3.54. The highest BCUT2D eigenvalue weighted by atomic mass is 28.4. The highest BCUT2D eigenvalue weighted by Gasteiger charge is 2.53. The van der Waals surface area contributed by atoms with Gasteiger partial charge in [0, 0.05) is 48.7 Å². The minimum absolute atomic E-state index is 0.128. The van der Waals surface area contributed by atoms with Gasteiger partial charge in [0.2, 0.25) is 0 Å². The lowest BCUT2D eigenvalue weighted by atomic mass is 10.1. The number of carbonyl (C=O) groups is 2. The normalized spacial score (nSPS) is 15.2. The van der Waals surface area contributed by atoms with Gasteiger partial charge in [-0.15, -0.1) is 0 Å². The molecule has 0 saturated carbocycles. The van der Waals surface area contributed by atoms with Gasteiger partial charge in [0.25, 0.3) is 0 Å². The molecule has 0 aromatic heterocycles. The standard InChI is InChI=1S/C16H32O10Si2/c1-9-13(27(20-3,21-4)22-5)12(11-14(17)18)16(19)26-15(10-2)28(23-6,24-7)25-8/h11,13,15H,9-10H2,1-8H3,(H,17,18). The molecule has 0 saturated heterocycles. The second kappa shape index (κ2) is 12.4. The Labute approximate surface area is 168 Å². The van der Waals surface area contributed by atoms with Gasteiger partial charge in [0.05, 0.1) is 11.1 Å². The van der Waals surface area contributed by atoms with Crippen LogP contribution in [0.1, 0.15) is 26.7 Å². The summed E-state index contributed by atoms with van der Waals surface area (Å²) in [4.78, 5) is 24.4. The zero-order chi connectivity index (χ0) is 22.0. The van der Waals surface area contributed by atoms with Crippen molar-refractivity contribution in [1.82, 2.24) is 0 Å². The van der Waals surface area contributed by atoms with Gasteiger partial charge < -0.3 is 36.4 Å². The van der Waals surface area contributed by atoms with Crippen molar-refractivity contribution in [1.29, 1.82) is 0 Å². The molecule has 1 N–H and O–H groups in total. The third-order valence-corrected chi connectivity index (χ3v) is 10.7. The summed E-state index contributed by atoms with van der Waals surface area (Å²) in [7, 11) is 1.67. The summed E-state index contributed by atoms with van der Waals surface area (Å²) in [5, 5.41) is 9.29. The Morgan fingerprint density at radius 3 is 1.54 bits per heavy atom. The van der Waals surface area contributed by atoms with Crippen LogP contribution in [0, 0.1) is 0 Å². The first kappa shape index (κ1) is 26.9. The van der Waals surface area contributed by atoms with Crippen LogP contribution < -0.4 is 0 Å². The van der Waals surface area contributed by atoms with Gasteiger partial charge in [-0.05, 0) is 12.8 Å². The molecule has 0 bridgehead atoms. The third kappa shape index (κ3) is 5.94. The molecule has 12 heteroatoms. The predicted molar refractivity (Wildman–Crippen MR) is 103 cm³/mol. The fraction of sp³-hybridized carbons (Fsp3) is 0.750. The molecule has 0 rings (SSSR count). The second-order valence-electron chi connectivity index (χ2n) is 5.63. The van der Waals surface area contributed by atoms with Crippen LogP contribution in [0.2, 0.25) is 5.54 Å². The number of carbonyl (C=O) groups excluding carboxylic acids is 1. The molecule has 10 nitrogen and oxygen atoms in total. The zero-order valence-corrected chi connectivity index (χ0v) is 19.8. The van der Waals surface area contributed by atoms with E-state index < -0.39 is 40.8 Å². The maximum Gasteiger partial charge on any atom is 0.543 e. The minimum Gasteiger partial charge on any atom is -0.478 e. The molecule has 0 aliphatic carbocycles. The van der Waals surface area contributed by atoms with Crippen molar-refractivity contribution in [3.63, 3.8) is 0 Å². The molecule has 0 aliphatic rings. The summed E-state index contributed by atoms with van der Waals surface area (Å²) >= 11 is 0. The SMILES string of the molecule is CCC(OC(=O)C(=CC(=O)O)C(CC)[Si](OC)(OC)OC)[Si](OC)(OC)OC. The summed E-state index contributed by atoms with van der Waals surface area (Å²) in [5.41, 5.74) is -1.72.